The topological polar surface area (TPSA) is 114 Å². The summed E-state index contributed by atoms with van der Waals surface area (Å²) in [6, 6.07) is 11.9. The van der Waals surface area contributed by atoms with E-state index < -0.39 is 38.5 Å². The van der Waals surface area contributed by atoms with Crippen LogP contribution in [-0.2, 0) is 27.5 Å². The number of carbonyl (C=O) groups excluding carboxylic acids is 2. The van der Waals surface area contributed by atoms with E-state index in [1.165, 1.54) is 30.5 Å². The van der Waals surface area contributed by atoms with Crippen molar-refractivity contribution in [1.82, 2.24) is 10.3 Å². The van der Waals surface area contributed by atoms with E-state index in [0.717, 1.165) is 25.3 Å². The minimum absolute atomic E-state index is 0.0335. The molecule has 0 unspecified atom stereocenters. The molecule has 12 heteroatoms. The van der Waals surface area contributed by atoms with E-state index in [4.69, 9.17) is 0 Å². The molecule has 0 aliphatic rings. The first-order valence-corrected chi connectivity index (χ1v) is 11.1. The summed E-state index contributed by atoms with van der Waals surface area (Å²) >= 11 is 0. The van der Waals surface area contributed by atoms with Crippen molar-refractivity contribution in [3.63, 3.8) is 0 Å². The predicted molar refractivity (Wildman–Crippen MR) is 115 cm³/mol. The Morgan fingerprint density at radius 3 is 2.44 bits per heavy atom. The fourth-order valence-corrected chi connectivity index (χ4v) is 4.00. The SMILES string of the molecule is COC(=O)c1cc(CNC(=O)c2ccccn2)cc(NS(=O)(=O)c2cccc(C(F)(F)F)c2)c1. The molecular formula is C22H18F3N3O5S. The third kappa shape index (κ3) is 6.10. The van der Waals surface area contributed by atoms with E-state index in [9.17, 15) is 31.2 Å². The number of carbonyl (C=O) groups is 2. The Morgan fingerprint density at radius 2 is 1.79 bits per heavy atom. The van der Waals surface area contributed by atoms with Crippen molar-refractivity contribution in [3.05, 3.63) is 89.2 Å². The molecule has 1 amide bonds. The fourth-order valence-electron chi connectivity index (χ4n) is 2.91. The summed E-state index contributed by atoms with van der Waals surface area (Å²) in [6.45, 7) is -0.0987. The van der Waals surface area contributed by atoms with Crippen molar-refractivity contribution < 1.29 is 35.9 Å². The van der Waals surface area contributed by atoms with Gasteiger partial charge in [0.25, 0.3) is 15.9 Å². The summed E-state index contributed by atoms with van der Waals surface area (Å²) in [6.07, 6.45) is -3.29. The summed E-state index contributed by atoms with van der Waals surface area (Å²) in [5, 5.41) is 2.59. The maximum absolute atomic E-state index is 13.0. The molecule has 8 nitrogen and oxygen atoms in total. The van der Waals surface area contributed by atoms with E-state index in [0.29, 0.717) is 11.6 Å². The number of methoxy groups -OCH3 is 1. The van der Waals surface area contributed by atoms with Gasteiger partial charge in [-0.15, -0.1) is 0 Å². The van der Waals surface area contributed by atoms with Crippen molar-refractivity contribution in [1.29, 1.82) is 0 Å². The number of benzene rings is 2. The molecule has 1 aromatic heterocycles. The van der Waals surface area contributed by atoms with Gasteiger partial charge >= 0.3 is 12.1 Å². The van der Waals surface area contributed by atoms with Crippen molar-refractivity contribution in [2.45, 2.75) is 17.6 Å². The Morgan fingerprint density at radius 1 is 1.03 bits per heavy atom. The Kier molecular flexibility index (Phi) is 7.20. The zero-order valence-electron chi connectivity index (χ0n) is 17.6. The highest BCUT2D eigenvalue weighted by Gasteiger charge is 2.31. The fraction of sp³-hybridized carbons (Fsp3) is 0.136. The van der Waals surface area contributed by atoms with Crippen LogP contribution in [0.3, 0.4) is 0 Å². The van der Waals surface area contributed by atoms with Gasteiger partial charge in [0.1, 0.15) is 5.69 Å². The Labute approximate surface area is 192 Å². The Balaban J connectivity index is 1.88. The van der Waals surface area contributed by atoms with Crippen LogP contribution in [-0.4, -0.2) is 32.4 Å². The number of rotatable bonds is 7. The third-order valence-corrected chi connectivity index (χ3v) is 5.87. The number of hydrogen-bond donors (Lipinski definition) is 2. The average molecular weight is 493 g/mol. The smallest absolute Gasteiger partial charge is 0.416 e. The van der Waals surface area contributed by atoms with Crippen LogP contribution in [0.2, 0.25) is 0 Å². The van der Waals surface area contributed by atoms with Gasteiger partial charge in [0.15, 0.2) is 0 Å². The van der Waals surface area contributed by atoms with Crippen LogP contribution in [0.4, 0.5) is 18.9 Å². The molecule has 0 aliphatic heterocycles. The number of anilines is 1. The first-order valence-electron chi connectivity index (χ1n) is 9.61. The van der Waals surface area contributed by atoms with Gasteiger partial charge in [-0.1, -0.05) is 12.1 Å². The molecule has 0 bridgehead atoms. The van der Waals surface area contributed by atoms with E-state index in [2.05, 4.69) is 19.8 Å². The van der Waals surface area contributed by atoms with Crippen molar-refractivity contribution >= 4 is 27.6 Å². The normalized spacial score (nSPS) is 11.5. The van der Waals surface area contributed by atoms with Crippen molar-refractivity contribution in [2.75, 3.05) is 11.8 Å². The molecule has 0 fully saturated rings. The number of nitrogens with one attached hydrogen (secondary N) is 2. The lowest BCUT2D eigenvalue weighted by atomic mass is 10.1. The summed E-state index contributed by atoms with van der Waals surface area (Å²) < 4.78 is 71.2. The number of amides is 1. The second-order valence-corrected chi connectivity index (χ2v) is 8.62. The van der Waals surface area contributed by atoms with Crippen LogP contribution in [0.5, 0.6) is 0 Å². The molecule has 34 heavy (non-hydrogen) atoms. The van der Waals surface area contributed by atoms with E-state index in [1.54, 1.807) is 12.1 Å². The van der Waals surface area contributed by atoms with Crippen LogP contribution >= 0.6 is 0 Å². The number of halogens is 3. The summed E-state index contributed by atoms with van der Waals surface area (Å²) in [7, 11) is -3.31. The number of esters is 1. The molecular weight excluding hydrogens is 475 g/mol. The lowest BCUT2D eigenvalue weighted by molar-refractivity contribution is -0.137. The van der Waals surface area contributed by atoms with E-state index >= 15 is 0 Å². The van der Waals surface area contributed by atoms with Gasteiger partial charge in [-0.05, 0) is 54.1 Å². The van der Waals surface area contributed by atoms with Crippen LogP contribution in [0.25, 0.3) is 0 Å². The molecule has 1 heterocycles. The van der Waals surface area contributed by atoms with Gasteiger partial charge in [-0.2, -0.15) is 13.2 Å². The molecule has 0 saturated heterocycles. The van der Waals surface area contributed by atoms with E-state index in [-0.39, 0.29) is 23.5 Å². The summed E-state index contributed by atoms with van der Waals surface area (Å²) in [5.41, 5.74) is -0.793. The largest absolute Gasteiger partial charge is 0.465 e. The molecule has 0 atom stereocenters. The molecule has 0 spiro atoms. The molecule has 0 radical (unpaired) electrons. The van der Waals surface area contributed by atoms with Crippen molar-refractivity contribution in [2.24, 2.45) is 0 Å². The quantitative estimate of drug-likeness (QED) is 0.486. The number of hydrogen-bond acceptors (Lipinski definition) is 6. The maximum atomic E-state index is 13.0. The van der Waals surface area contributed by atoms with Crippen LogP contribution in [0.1, 0.15) is 32.0 Å². The molecule has 178 valence electrons. The average Bonchev–Trinajstić information content (AvgIpc) is 2.81. The number of pyridine rings is 1. The number of nitrogens with zero attached hydrogens (tertiary/aromatic N) is 1. The molecule has 2 aromatic carbocycles. The highest BCUT2D eigenvalue weighted by Crippen LogP contribution is 2.31. The predicted octanol–water partition coefficient (Wildman–Crippen LogP) is 3.62. The number of alkyl halides is 3. The second-order valence-electron chi connectivity index (χ2n) is 6.94. The number of ether oxygens (including phenoxy) is 1. The van der Waals surface area contributed by atoms with Gasteiger partial charge in [-0.25, -0.2) is 13.2 Å². The highest BCUT2D eigenvalue weighted by atomic mass is 32.2. The Bertz CT molecular complexity index is 1310. The van der Waals surface area contributed by atoms with Crippen LogP contribution in [0, 0.1) is 0 Å². The molecule has 0 saturated carbocycles. The van der Waals surface area contributed by atoms with Crippen LogP contribution < -0.4 is 10.0 Å². The van der Waals surface area contributed by atoms with Gasteiger partial charge in [0, 0.05) is 12.7 Å². The second kappa shape index (κ2) is 9.91. The van der Waals surface area contributed by atoms with E-state index in [1.807, 2.05) is 0 Å². The Hall–Kier alpha value is -3.93. The van der Waals surface area contributed by atoms with Gasteiger partial charge in [0.2, 0.25) is 0 Å². The summed E-state index contributed by atoms with van der Waals surface area (Å²) in [4.78, 5) is 27.6. The third-order valence-electron chi connectivity index (χ3n) is 4.49. The van der Waals surface area contributed by atoms with Gasteiger partial charge in [0.05, 0.1) is 28.8 Å². The first-order chi connectivity index (χ1) is 16.0. The lowest BCUT2D eigenvalue weighted by Crippen LogP contribution is -2.24. The standard InChI is InChI=1S/C22H18F3N3O5S/c1-33-21(30)15-9-14(13-27-20(29)19-7-2-3-8-26-19)10-17(11-15)28-34(31,32)18-6-4-5-16(12-18)22(23,24)25/h2-12,28H,13H2,1H3,(H,27,29). The van der Waals surface area contributed by atoms with Crippen molar-refractivity contribution in [3.8, 4) is 0 Å². The molecule has 2 N–H and O–H groups in total. The lowest BCUT2D eigenvalue weighted by Gasteiger charge is -2.13. The van der Waals surface area contributed by atoms with Gasteiger partial charge < -0.3 is 10.1 Å². The monoisotopic (exact) mass is 493 g/mol. The van der Waals surface area contributed by atoms with Crippen LogP contribution in [0.15, 0.2) is 71.8 Å². The minimum atomic E-state index is -4.73. The summed E-state index contributed by atoms with van der Waals surface area (Å²) in [5.74, 6) is -1.28. The highest BCUT2D eigenvalue weighted by molar-refractivity contribution is 7.92. The maximum Gasteiger partial charge on any atom is 0.416 e. The van der Waals surface area contributed by atoms with Gasteiger partial charge in [-0.3, -0.25) is 14.5 Å². The minimum Gasteiger partial charge on any atom is -0.465 e. The number of aromatic nitrogens is 1. The molecule has 3 rings (SSSR count). The zero-order chi connectivity index (χ0) is 24.9. The molecule has 3 aromatic rings. The first kappa shape index (κ1) is 24.7. The number of sulfonamides is 1. The molecule has 0 aliphatic carbocycles. The zero-order valence-corrected chi connectivity index (χ0v) is 18.4.